The molecule has 1 heterocycles. The summed E-state index contributed by atoms with van der Waals surface area (Å²) >= 11 is 1.71. The van der Waals surface area contributed by atoms with Crippen molar-refractivity contribution in [3.05, 3.63) is 35.4 Å². The van der Waals surface area contributed by atoms with Crippen LogP contribution in [0.5, 0.6) is 0 Å². The molecule has 1 fully saturated rings. The predicted molar refractivity (Wildman–Crippen MR) is 88.6 cm³/mol. The zero-order valence-electron chi connectivity index (χ0n) is 13.0. The number of nitrogens with zero attached hydrogens (tertiary/aromatic N) is 1. The Kier molecular flexibility index (Phi) is 6.58. The summed E-state index contributed by atoms with van der Waals surface area (Å²) in [6, 6.07) is 8.37. The number of benzene rings is 1. The van der Waals surface area contributed by atoms with Gasteiger partial charge < -0.3 is 9.64 Å². The van der Waals surface area contributed by atoms with Crippen LogP contribution in [0.3, 0.4) is 0 Å². The van der Waals surface area contributed by atoms with E-state index >= 15 is 0 Å². The van der Waals surface area contributed by atoms with E-state index in [2.05, 4.69) is 31.2 Å². The van der Waals surface area contributed by atoms with E-state index in [9.17, 15) is 4.79 Å². The zero-order chi connectivity index (χ0) is 15.1. The number of hydrogen-bond donors (Lipinski definition) is 0. The van der Waals surface area contributed by atoms with Crippen molar-refractivity contribution in [2.24, 2.45) is 0 Å². The van der Waals surface area contributed by atoms with Crippen molar-refractivity contribution in [2.45, 2.75) is 38.5 Å². The number of aryl methyl sites for hydroxylation is 1. The molecular weight excluding hydrogens is 282 g/mol. The Morgan fingerprint density at radius 2 is 2.05 bits per heavy atom. The highest BCUT2D eigenvalue weighted by molar-refractivity contribution is 7.99. The van der Waals surface area contributed by atoms with Crippen molar-refractivity contribution in [1.29, 1.82) is 0 Å². The summed E-state index contributed by atoms with van der Waals surface area (Å²) < 4.78 is 5.62. The lowest BCUT2D eigenvalue weighted by molar-refractivity contribution is -0.130. The monoisotopic (exact) mass is 307 g/mol. The number of piperidine rings is 1. The average Bonchev–Trinajstić information content (AvgIpc) is 2.50. The van der Waals surface area contributed by atoms with Crippen LogP contribution in [0.1, 0.15) is 30.9 Å². The summed E-state index contributed by atoms with van der Waals surface area (Å²) in [5, 5.41) is 0. The van der Waals surface area contributed by atoms with Crippen LogP contribution in [0.15, 0.2) is 24.3 Å². The largest absolute Gasteiger partial charge is 0.378 e. The summed E-state index contributed by atoms with van der Waals surface area (Å²) in [6.45, 7) is 6.60. The third-order valence-corrected chi connectivity index (χ3v) is 4.91. The van der Waals surface area contributed by atoms with Crippen LogP contribution in [0.4, 0.5) is 0 Å². The van der Waals surface area contributed by atoms with Gasteiger partial charge in [0.2, 0.25) is 5.91 Å². The van der Waals surface area contributed by atoms with Gasteiger partial charge in [0.1, 0.15) is 0 Å². The molecule has 1 aromatic rings. The zero-order valence-corrected chi connectivity index (χ0v) is 13.8. The molecule has 4 heteroatoms. The molecule has 1 aromatic carbocycles. The van der Waals surface area contributed by atoms with E-state index in [0.717, 1.165) is 38.3 Å². The molecule has 0 spiro atoms. The number of carbonyl (C=O) groups is 1. The van der Waals surface area contributed by atoms with E-state index in [-0.39, 0.29) is 5.91 Å². The molecule has 0 saturated carbocycles. The van der Waals surface area contributed by atoms with Crippen LogP contribution in [-0.2, 0) is 15.3 Å². The molecule has 0 aromatic heterocycles. The molecule has 1 saturated heterocycles. The van der Waals surface area contributed by atoms with E-state index in [1.807, 2.05) is 11.8 Å². The molecule has 0 atom stereocenters. The molecule has 2 rings (SSSR count). The van der Waals surface area contributed by atoms with Gasteiger partial charge in [0.25, 0.3) is 0 Å². The van der Waals surface area contributed by atoms with Crippen molar-refractivity contribution in [3.8, 4) is 0 Å². The van der Waals surface area contributed by atoms with E-state index in [4.69, 9.17) is 4.74 Å². The fourth-order valence-corrected chi connectivity index (χ4v) is 3.62. The normalized spacial score (nSPS) is 16.2. The molecule has 0 bridgehead atoms. The topological polar surface area (TPSA) is 29.5 Å². The Labute approximate surface area is 132 Å². The lowest BCUT2D eigenvalue weighted by Gasteiger charge is -2.31. The Bertz CT molecular complexity index is 456. The van der Waals surface area contributed by atoms with Crippen molar-refractivity contribution < 1.29 is 9.53 Å². The van der Waals surface area contributed by atoms with Crippen LogP contribution in [0, 0.1) is 6.92 Å². The number of thioether (sulfide) groups is 1. The fourth-order valence-electron chi connectivity index (χ4n) is 2.62. The highest BCUT2D eigenvalue weighted by Crippen LogP contribution is 2.18. The van der Waals surface area contributed by atoms with Crippen molar-refractivity contribution >= 4 is 17.7 Å². The Morgan fingerprint density at radius 1 is 1.33 bits per heavy atom. The van der Waals surface area contributed by atoms with Gasteiger partial charge in [-0.25, -0.2) is 0 Å². The molecular formula is C17H25NO2S. The molecule has 0 unspecified atom stereocenters. The van der Waals surface area contributed by atoms with Gasteiger partial charge in [-0.15, -0.1) is 11.8 Å². The predicted octanol–water partition coefficient (Wildman–Crippen LogP) is 3.26. The van der Waals surface area contributed by atoms with Gasteiger partial charge >= 0.3 is 0 Å². The van der Waals surface area contributed by atoms with Crippen molar-refractivity contribution in [2.75, 3.05) is 25.4 Å². The highest BCUT2D eigenvalue weighted by atomic mass is 32.2. The SMILES string of the molecule is CCOC1CCN(C(=O)CSCc2ccccc2C)CC1. The first-order valence-corrected chi connectivity index (χ1v) is 8.87. The van der Waals surface area contributed by atoms with Gasteiger partial charge in [-0.2, -0.15) is 0 Å². The third-order valence-electron chi connectivity index (χ3n) is 3.94. The maximum Gasteiger partial charge on any atom is 0.232 e. The molecule has 0 N–H and O–H groups in total. The molecule has 3 nitrogen and oxygen atoms in total. The van der Waals surface area contributed by atoms with Gasteiger partial charge in [-0.3, -0.25) is 4.79 Å². The number of amides is 1. The molecule has 116 valence electrons. The lowest BCUT2D eigenvalue weighted by Crippen LogP contribution is -2.41. The summed E-state index contributed by atoms with van der Waals surface area (Å²) in [5.74, 6) is 1.75. The summed E-state index contributed by atoms with van der Waals surface area (Å²) in [5.41, 5.74) is 2.63. The Hall–Kier alpha value is -1.00. The first-order valence-electron chi connectivity index (χ1n) is 7.72. The van der Waals surface area contributed by atoms with Gasteiger partial charge in [0, 0.05) is 25.4 Å². The molecule has 0 radical (unpaired) electrons. The quantitative estimate of drug-likeness (QED) is 0.808. The standard InChI is InChI=1S/C17H25NO2S/c1-3-20-16-8-10-18(11-9-16)17(19)13-21-12-15-7-5-4-6-14(15)2/h4-7,16H,3,8-13H2,1-2H3. The summed E-state index contributed by atoms with van der Waals surface area (Å²) in [4.78, 5) is 14.2. The number of likely N-dealkylation sites (tertiary alicyclic amines) is 1. The third kappa shape index (κ3) is 5.04. The summed E-state index contributed by atoms with van der Waals surface area (Å²) in [7, 11) is 0. The summed E-state index contributed by atoms with van der Waals surface area (Å²) in [6.07, 6.45) is 2.29. The van der Waals surface area contributed by atoms with Crippen LogP contribution >= 0.6 is 11.8 Å². The van der Waals surface area contributed by atoms with Gasteiger partial charge in [0.15, 0.2) is 0 Å². The smallest absolute Gasteiger partial charge is 0.232 e. The van der Waals surface area contributed by atoms with Crippen LogP contribution in [0.2, 0.25) is 0 Å². The molecule has 1 amide bonds. The molecule has 0 aliphatic carbocycles. The van der Waals surface area contributed by atoms with Crippen molar-refractivity contribution in [1.82, 2.24) is 4.90 Å². The minimum absolute atomic E-state index is 0.267. The molecule has 1 aliphatic rings. The van der Waals surface area contributed by atoms with Crippen LogP contribution in [-0.4, -0.2) is 42.4 Å². The average molecular weight is 307 g/mol. The van der Waals surface area contributed by atoms with E-state index in [1.165, 1.54) is 11.1 Å². The number of carbonyl (C=O) groups excluding carboxylic acids is 1. The minimum Gasteiger partial charge on any atom is -0.378 e. The molecule has 1 aliphatic heterocycles. The second-order valence-corrected chi connectivity index (χ2v) is 6.44. The molecule has 21 heavy (non-hydrogen) atoms. The van der Waals surface area contributed by atoms with Gasteiger partial charge in [-0.1, -0.05) is 24.3 Å². The number of ether oxygens (including phenoxy) is 1. The minimum atomic E-state index is 0.267. The van der Waals surface area contributed by atoms with Crippen LogP contribution < -0.4 is 0 Å². The number of rotatable bonds is 6. The maximum atomic E-state index is 12.2. The van der Waals surface area contributed by atoms with Crippen LogP contribution in [0.25, 0.3) is 0 Å². The lowest BCUT2D eigenvalue weighted by atomic mass is 10.1. The second-order valence-electron chi connectivity index (χ2n) is 5.45. The Morgan fingerprint density at radius 3 is 2.71 bits per heavy atom. The van der Waals surface area contributed by atoms with Gasteiger partial charge in [-0.05, 0) is 37.8 Å². The van der Waals surface area contributed by atoms with Gasteiger partial charge in [0.05, 0.1) is 11.9 Å². The second kappa shape index (κ2) is 8.44. The van der Waals surface area contributed by atoms with E-state index < -0.39 is 0 Å². The van der Waals surface area contributed by atoms with E-state index in [0.29, 0.717) is 11.9 Å². The first kappa shape index (κ1) is 16.4. The maximum absolute atomic E-state index is 12.2. The van der Waals surface area contributed by atoms with Crippen molar-refractivity contribution in [3.63, 3.8) is 0 Å². The van der Waals surface area contributed by atoms with E-state index in [1.54, 1.807) is 11.8 Å². The Balaban J connectivity index is 1.70. The fraction of sp³-hybridized carbons (Fsp3) is 0.588. The first-order chi connectivity index (χ1) is 10.2. The number of hydrogen-bond acceptors (Lipinski definition) is 3. The highest BCUT2D eigenvalue weighted by Gasteiger charge is 2.22.